The SMILES string of the molecule is CCN(CCCN1CCc2cc(C)c(OC)c3c2C1CC3)S(=O)(=O)c1cc(C)c(Cl)cc1C. The van der Waals surface area contributed by atoms with Crippen LogP contribution in [0.25, 0.3) is 0 Å². The molecule has 1 unspecified atom stereocenters. The summed E-state index contributed by atoms with van der Waals surface area (Å²) in [4.78, 5) is 2.91. The van der Waals surface area contributed by atoms with Crippen LogP contribution in [0.15, 0.2) is 23.1 Å². The summed E-state index contributed by atoms with van der Waals surface area (Å²) in [7, 11) is -1.79. The highest BCUT2D eigenvalue weighted by atomic mass is 35.5. The Morgan fingerprint density at radius 1 is 1.12 bits per heavy atom. The Kier molecular flexibility index (Phi) is 7.11. The van der Waals surface area contributed by atoms with E-state index in [1.54, 1.807) is 23.5 Å². The van der Waals surface area contributed by atoms with Gasteiger partial charge in [0.05, 0.1) is 12.0 Å². The molecule has 0 saturated carbocycles. The van der Waals surface area contributed by atoms with Crippen molar-refractivity contribution in [3.63, 3.8) is 0 Å². The van der Waals surface area contributed by atoms with Gasteiger partial charge in [-0.3, -0.25) is 4.90 Å². The van der Waals surface area contributed by atoms with Crippen LogP contribution >= 0.6 is 11.6 Å². The molecule has 2 aromatic rings. The van der Waals surface area contributed by atoms with E-state index in [1.165, 1.54) is 22.3 Å². The summed E-state index contributed by atoms with van der Waals surface area (Å²) in [5, 5.41) is 0.600. The first-order chi connectivity index (χ1) is 15.7. The Balaban J connectivity index is 1.47. The summed E-state index contributed by atoms with van der Waals surface area (Å²) in [6.45, 7) is 10.6. The van der Waals surface area contributed by atoms with Gasteiger partial charge in [0, 0.05) is 37.2 Å². The van der Waals surface area contributed by atoms with Gasteiger partial charge in [-0.2, -0.15) is 4.31 Å². The monoisotopic (exact) mass is 490 g/mol. The highest BCUT2D eigenvalue weighted by Gasteiger charge is 2.36. The molecule has 7 heteroatoms. The van der Waals surface area contributed by atoms with Gasteiger partial charge >= 0.3 is 0 Å². The van der Waals surface area contributed by atoms with Crippen molar-refractivity contribution >= 4 is 21.6 Å². The fraction of sp³-hybridized carbons (Fsp3) is 0.538. The van der Waals surface area contributed by atoms with Gasteiger partial charge in [-0.25, -0.2) is 8.42 Å². The molecule has 4 rings (SSSR count). The highest BCUT2D eigenvalue weighted by molar-refractivity contribution is 7.89. The molecule has 0 bridgehead atoms. The zero-order valence-corrected chi connectivity index (χ0v) is 21.9. The molecule has 1 aliphatic heterocycles. The fourth-order valence-corrected chi connectivity index (χ4v) is 7.66. The van der Waals surface area contributed by atoms with E-state index < -0.39 is 10.0 Å². The van der Waals surface area contributed by atoms with E-state index in [1.807, 2.05) is 20.8 Å². The average molecular weight is 491 g/mol. The number of ether oxygens (including phenoxy) is 1. The van der Waals surface area contributed by atoms with E-state index in [4.69, 9.17) is 16.3 Å². The second-order valence-corrected chi connectivity index (χ2v) is 11.6. The second kappa shape index (κ2) is 9.57. The summed E-state index contributed by atoms with van der Waals surface area (Å²) in [6, 6.07) is 6.17. The normalized spacial score (nSPS) is 18.1. The predicted octanol–water partition coefficient (Wildman–Crippen LogP) is 5.22. The molecule has 1 heterocycles. The molecule has 0 aromatic heterocycles. The van der Waals surface area contributed by atoms with Crippen LogP contribution in [0.3, 0.4) is 0 Å². The molecule has 0 fully saturated rings. The molecule has 33 heavy (non-hydrogen) atoms. The second-order valence-electron chi connectivity index (χ2n) is 9.34. The number of nitrogens with zero attached hydrogens (tertiary/aromatic N) is 2. The Morgan fingerprint density at radius 2 is 1.88 bits per heavy atom. The quantitative estimate of drug-likeness (QED) is 0.509. The first-order valence-corrected chi connectivity index (χ1v) is 13.7. The van der Waals surface area contributed by atoms with Crippen LogP contribution in [0.5, 0.6) is 5.75 Å². The lowest BCUT2D eigenvalue weighted by atomic mass is 9.91. The van der Waals surface area contributed by atoms with Gasteiger partial charge in [0.1, 0.15) is 5.75 Å². The van der Waals surface area contributed by atoms with Crippen molar-refractivity contribution in [3.8, 4) is 5.75 Å². The predicted molar refractivity (Wildman–Crippen MR) is 134 cm³/mol. The molecule has 1 atom stereocenters. The minimum absolute atomic E-state index is 0.362. The zero-order chi connectivity index (χ0) is 23.9. The smallest absolute Gasteiger partial charge is 0.243 e. The van der Waals surface area contributed by atoms with Crippen molar-refractivity contribution < 1.29 is 13.2 Å². The van der Waals surface area contributed by atoms with Gasteiger partial charge in [-0.15, -0.1) is 0 Å². The maximum Gasteiger partial charge on any atom is 0.243 e. The Morgan fingerprint density at radius 3 is 2.58 bits per heavy atom. The van der Waals surface area contributed by atoms with Gasteiger partial charge in [-0.05, 0) is 92.0 Å². The number of benzene rings is 2. The number of rotatable bonds is 8. The number of methoxy groups -OCH3 is 1. The number of hydrogen-bond donors (Lipinski definition) is 0. The van der Waals surface area contributed by atoms with Crippen LogP contribution in [0.4, 0.5) is 0 Å². The summed E-state index contributed by atoms with van der Waals surface area (Å²) in [5.41, 5.74) is 7.03. The van der Waals surface area contributed by atoms with E-state index in [-0.39, 0.29) is 0 Å². The molecular weight excluding hydrogens is 456 g/mol. The number of hydrogen-bond acceptors (Lipinski definition) is 4. The van der Waals surface area contributed by atoms with Gasteiger partial charge in [0.25, 0.3) is 0 Å². The lowest BCUT2D eigenvalue weighted by Gasteiger charge is -2.36. The molecule has 0 radical (unpaired) electrons. The molecule has 0 spiro atoms. The molecule has 180 valence electrons. The number of sulfonamides is 1. The summed E-state index contributed by atoms with van der Waals surface area (Å²) >= 11 is 6.19. The maximum absolute atomic E-state index is 13.4. The van der Waals surface area contributed by atoms with Crippen LogP contribution in [0, 0.1) is 20.8 Å². The minimum atomic E-state index is -3.56. The summed E-state index contributed by atoms with van der Waals surface area (Å²) in [5.74, 6) is 1.05. The van der Waals surface area contributed by atoms with E-state index in [9.17, 15) is 8.42 Å². The fourth-order valence-electron chi connectivity index (χ4n) is 5.66. The van der Waals surface area contributed by atoms with Crippen molar-refractivity contribution in [2.24, 2.45) is 0 Å². The molecule has 0 amide bonds. The van der Waals surface area contributed by atoms with Crippen LogP contribution in [0.1, 0.15) is 59.2 Å². The van der Waals surface area contributed by atoms with Crippen molar-refractivity contribution in [1.82, 2.24) is 9.21 Å². The third kappa shape index (κ3) is 4.43. The first-order valence-electron chi connectivity index (χ1n) is 11.9. The van der Waals surface area contributed by atoms with Crippen LogP contribution < -0.4 is 4.74 Å². The summed E-state index contributed by atoms with van der Waals surface area (Å²) in [6.07, 6.45) is 4.02. The van der Waals surface area contributed by atoms with Crippen molar-refractivity contribution in [2.45, 2.75) is 64.3 Å². The first kappa shape index (κ1) is 24.5. The molecule has 0 N–H and O–H groups in total. The highest BCUT2D eigenvalue weighted by Crippen LogP contribution is 2.46. The van der Waals surface area contributed by atoms with E-state index in [0.29, 0.717) is 34.6 Å². The van der Waals surface area contributed by atoms with E-state index >= 15 is 0 Å². The Hall–Kier alpha value is -1.60. The third-order valence-corrected chi connectivity index (χ3v) is 9.81. The summed E-state index contributed by atoms with van der Waals surface area (Å²) < 4.78 is 34.1. The lowest BCUT2D eigenvalue weighted by Crippen LogP contribution is -2.38. The molecule has 2 aliphatic rings. The maximum atomic E-state index is 13.4. The third-order valence-electron chi connectivity index (χ3n) is 7.29. The van der Waals surface area contributed by atoms with Crippen LogP contribution in [-0.2, 0) is 22.9 Å². The van der Waals surface area contributed by atoms with Gasteiger partial charge in [0.15, 0.2) is 0 Å². The molecule has 1 aliphatic carbocycles. The molecular formula is C26H35ClN2O3S. The topological polar surface area (TPSA) is 49.9 Å². The Labute approximate surface area is 203 Å². The van der Waals surface area contributed by atoms with E-state index in [0.717, 1.165) is 50.1 Å². The van der Waals surface area contributed by atoms with E-state index in [2.05, 4.69) is 17.9 Å². The number of aryl methyl sites for hydroxylation is 3. The minimum Gasteiger partial charge on any atom is -0.496 e. The molecule has 5 nitrogen and oxygen atoms in total. The standard InChI is InChI=1S/C26H35ClN2O3S/c1-6-29(33(30,31)24-16-17(2)22(27)15-18(24)3)12-7-11-28-13-10-20-14-19(4)26(32-5)21-8-9-23(28)25(20)21/h14-16,23H,6-13H2,1-5H3. The van der Waals surface area contributed by atoms with Crippen molar-refractivity contribution in [1.29, 1.82) is 0 Å². The largest absolute Gasteiger partial charge is 0.496 e. The van der Waals surface area contributed by atoms with Gasteiger partial charge in [0.2, 0.25) is 10.0 Å². The molecule has 2 aromatic carbocycles. The van der Waals surface area contributed by atoms with Crippen molar-refractivity contribution in [3.05, 3.63) is 56.6 Å². The van der Waals surface area contributed by atoms with Crippen LogP contribution in [-0.4, -0.2) is 50.9 Å². The number of halogens is 1. The van der Waals surface area contributed by atoms with Crippen LogP contribution in [0.2, 0.25) is 5.02 Å². The van der Waals surface area contributed by atoms with Gasteiger partial charge < -0.3 is 4.74 Å². The zero-order valence-electron chi connectivity index (χ0n) is 20.4. The Bertz CT molecular complexity index is 1160. The average Bonchev–Trinajstić information content (AvgIpc) is 3.21. The molecule has 0 saturated heterocycles. The lowest BCUT2D eigenvalue weighted by molar-refractivity contribution is 0.179. The van der Waals surface area contributed by atoms with Crippen molar-refractivity contribution in [2.75, 3.05) is 33.3 Å². The van der Waals surface area contributed by atoms with Gasteiger partial charge in [-0.1, -0.05) is 24.6 Å².